The number of hydrogen-bond donors (Lipinski definition) is 6. The molecule has 35 heavy (non-hydrogen) atoms. The van der Waals surface area contributed by atoms with Crippen LogP contribution in [0.15, 0.2) is 24.3 Å². The Bertz CT molecular complexity index is 1080. The molecule has 0 aliphatic carbocycles. The summed E-state index contributed by atoms with van der Waals surface area (Å²) in [6.07, 6.45) is -8.51. The van der Waals surface area contributed by atoms with Crippen LogP contribution in [0.25, 0.3) is 0 Å². The lowest BCUT2D eigenvalue weighted by atomic mass is 9.95. The van der Waals surface area contributed by atoms with E-state index in [1.165, 1.54) is 32.4 Å². The number of phenols is 2. The zero-order valence-electron chi connectivity index (χ0n) is 18.8. The Balaban J connectivity index is 1.63. The molecule has 4 rings (SSSR count). The molecule has 190 valence electrons. The van der Waals surface area contributed by atoms with Crippen LogP contribution in [0.1, 0.15) is 28.4 Å². The van der Waals surface area contributed by atoms with E-state index in [2.05, 4.69) is 0 Å². The second kappa shape index (κ2) is 9.76. The number of ketones is 1. The maximum atomic E-state index is 12.8. The van der Waals surface area contributed by atoms with Gasteiger partial charge in [0.2, 0.25) is 12.0 Å². The minimum atomic E-state index is -1.67. The summed E-state index contributed by atoms with van der Waals surface area (Å²) in [6.45, 7) is -0.640. The molecule has 0 radical (unpaired) electrons. The quantitative estimate of drug-likeness (QED) is 0.316. The summed E-state index contributed by atoms with van der Waals surface area (Å²) in [5.74, 6) is -0.927. The first-order valence-corrected chi connectivity index (χ1v) is 10.7. The van der Waals surface area contributed by atoms with Gasteiger partial charge >= 0.3 is 0 Å². The van der Waals surface area contributed by atoms with Crippen molar-refractivity contribution in [2.75, 3.05) is 20.8 Å². The van der Waals surface area contributed by atoms with Crippen LogP contribution < -0.4 is 18.9 Å². The van der Waals surface area contributed by atoms with Crippen LogP contribution in [0.5, 0.6) is 34.5 Å². The van der Waals surface area contributed by atoms with Crippen molar-refractivity contribution in [3.8, 4) is 34.5 Å². The Morgan fingerprint density at radius 1 is 0.971 bits per heavy atom. The molecular weight excluding hydrogens is 468 g/mol. The van der Waals surface area contributed by atoms with Gasteiger partial charge in [0.25, 0.3) is 0 Å². The number of aliphatic hydroxyl groups is 4. The molecule has 0 bridgehead atoms. The van der Waals surface area contributed by atoms with Gasteiger partial charge in [0.15, 0.2) is 17.3 Å². The fraction of sp³-hybridized carbons (Fsp3) is 0.435. The van der Waals surface area contributed by atoms with Gasteiger partial charge in [-0.05, 0) is 12.1 Å². The predicted molar refractivity (Wildman–Crippen MR) is 116 cm³/mol. The number of carbonyl (C=O) groups excluding carboxylic acids is 1. The fourth-order valence-corrected chi connectivity index (χ4v) is 4.07. The van der Waals surface area contributed by atoms with Gasteiger partial charge in [0.1, 0.15) is 53.3 Å². The zero-order chi connectivity index (χ0) is 25.4. The number of rotatable bonds is 6. The summed E-state index contributed by atoms with van der Waals surface area (Å²) in [4.78, 5) is 12.8. The SMILES string of the molecule is COc1cc([C@@H]2CC(=O)c3c(O)cc(O[C@@H]4O[C@H](CO)[C@@H](O)[C@H](O)[C@H]4O)cc3O2)cc(OC)c1O. The molecular formula is C23H26O12. The lowest BCUT2D eigenvalue weighted by Gasteiger charge is -2.39. The normalized spacial score (nSPS) is 28.1. The number of aromatic hydroxyl groups is 2. The van der Waals surface area contributed by atoms with Crippen LogP contribution >= 0.6 is 0 Å². The molecule has 12 heteroatoms. The maximum Gasteiger partial charge on any atom is 0.229 e. The van der Waals surface area contributed by atoms with Crippen LogP contribution in [0.2, 0.25) is 0 Å². The van der Waals surface area contributed by atoms with Gasteiger partial charge in [-0.2, -0.15) is 0 Å². The Morgan fingerprint density at radius 3 is 2.23 bits per heavy atom. The van der Waals surface area contributed by atoms with E-state index in [9.17, 15) is 35.4 Å². The highest BCUT2D eigenvalue weighted by Crippen LogP contribution is 2.45. The smallest absolute Gasteiger partial charge is 0.229 e. The molecule has 2 aliphatic rings. The first-order chi connectivity index (χ1) is 16.7. The summed E-state index contributed by atoms with van der Waals surface area (Å²) in [5.41, 5.74) is 0.398. The minimum Gasteiger partial charge on any atom is -0.507 e. The van der Waals surface area contributed by atoms with Gasteiger partial charge in [0.05, 0.1) is 27.2 Å². The molecule has 2 heterocycles. The molecule has 0 saturated carbocycles. The van der Waals surface area contributed by atoms with Gasteiger partial charge in [-0.15, -0.1) is 0 Å². The van der Waals surface area contributed by atoms with E-state index in [1.54, 1.807) is 0 Å². The third-order valence-electron chi connectivity index (χ3n) is 5.95. The topological polar surface area (TPSA) is 185 Å². The number of benzene rings is 2. The van der Waals surface area contributed by atoms with Crippen LogP contribution in [0.3, 0.4) is 0 Å². The molecule has 0 amide bonds. The number of phenolic OH excluding ortho intramolecular Hbond substituents is 2. The highest BCUT2D eigenvalue weighted by atomic mass is 16.7. The molecule has 0 unspecified atom stereocenters. The van der Waals surface area contributed by atoms with E-state index in [-0.39, 0.29) is 40.7 Å². The number of fused-ring (bicyclic) bond motifs is 1. The van der Waals surface area contributed by atoms with E-state index in [0.29, 0.717) is 5.56 Å². The third kappa shape index (κ3) is 4.54. The van der Waals surface area contributed by atoms with Crippen molar-refractivity contribution in [2.24, 2.45) is 0 Å². The number of methoxy groups -OCH3 is 2. The van der Waals surface area contributed by atoms with Crippen molar-refractivity contribution in [1.29, 1.82) is 0 Å². The standard InChI is InChI=1S/C23H26O12/c1-31-15-3-9(4-16(32-2)19(15)27)13-7-12(26)18-11(25)5-10(6-14(18)34-13)33-23-22(30)21(29)20(28)17(8-24)35-23/h3-6,13,17,20-25,27-30H,7-8H2,1-2H3/t13-,17+,20+,21-,22+,23+/m0/s1. The number of ether oxygens (including phenoxy) is 5. The average Bonchev–Trinajstić information content (AvgIpc) is 2.84. The van der Waals surface area contributed by atoms with Crippen molar-refractivity contribution in [2.45, 2.75) is 43.2 Å². The number of aliphatic hydroxyl groups excluding tert-OH is 4. The number of Topliss-reactive ketones (excluding diaryl/α,β-unsaturated/α-hetero) is 1. The van der Waals surface area contributed by atoms with Crippen LogP contribution in [-0.2, 0) is 4.74 Å². The maximum absolute atomic E-state index is 12.8. The Morgan fingerprint density at radius 2 is 1.63 bits per heavy atom. The Labute approximate surface area is 199 Å². The molecule has 0 spiro atoms. The number of hydrogen-bond acceptors (Lipinski definition) is 12. The highest BCUT2D eigenvalue weighted by Gasteiger charge is 2.45. The Kier molecular flexibility index (Phi) is 6.92. The van der Waals surface area contributed by atoms with Gasteiger partial charge in [-0.3, -0.25) is 4.79 Å². The van der Waals surface area contributed by atoms with Gasteiger partial charge in [0, 0.05) is 17.7 Å². The zero-order valence-corrected chi connectivity index (χ0v) is 18.8. The molecule has 0 aromatic heterocycles. The van der Waals surface area contributed by atoms with E-state index >= 15 is 0 Å². The van der Waals surface area contributed by atoms with Crippen LogP contribution in [0, 0.1) is 0 Å². The summed E-state index contributed by atoms with van der Waals surface area (Å²) in [5, 5.41) is 60.1. The van der Waals surface area contributed by atoms with E-state index in [0.717, 1.165) is 6.07 Å². The first-order valence-electron chi connectivity index (χ1n) is 10.7. The second-order valence-corrected chi connectivity index (χ2v) is 8.14. The predicted octanol–water partition coefficient (Wildman–Crippen LogP) is 0.000200. The van der Waals surface area contributed by atoms with Crippen molar-refractivity contribution in [1.82, 2.24) is 0 Å². The third-order valence-corrected chi connectivity index (χ3v) is 5.95. The van der Waals surface area contributed by atoms with Gasteiger partial charge < -0.3 is 54.3 Å². The summed E-state index contributed by atoms with van der Waals surface area (Å²) in [7, 11) is 2.72. The summed E-state index contributed by atoms with van der Waals surface area (Å²) in [6, 6.07) is 5.41. The molecule has 6 N–H and O–H groups in total. The molecule has 6 atom stereocenters. The lowest BCUT2D eigenvalue weighted by Crippen LogP contribution is -2.60. The Hall–Kier alpha value is -3.29. The fourth-order valence-electron chi connectivity index (χ4n) is 4.07. The first kappa shape index (κ1) is 24.8. The summed E-state index contributed by atoms with van der Waals surface area (Å²) >= 11 is 0. The average molecular weight is 494 g/mol. The molecule has 2 aliphatic heterocycles. The van der Waals surface area contributed by atoms with Crippen molar-refractivity contribution < 1.29 is 59.1 Å². The molecule has 1 fully saturated rings. The molecule has 1 saturated heterocycles. The minimum absolute atomic E-state index is 0.0168. The summed E-state index contributed by atoms with van der Waals surface area (Å²) < 4.78 is 27.1. The van der Waals surface area contributed by atoms with Crippen LogP contribution in [-0.4, -0.2) is 88.0 Å². The van der Waals surface area contributed by atoms with E-state index in [1.807, 2.05) is 0 Å². The molecule has 2 aromatic rings. The van der Waals surface area contributed by atoms with Crippen LogP contribution in [0.4, 0.5) is 0 Å². The van der Waals surface area contributed by atoms with Gasteiger partial charge in [-0.1, -0.05) is 0 Å². The lowest BCUT2D eigenvalue weighted by molar-refractivity contribution is -0.277. The monoisotopic (exact) mass is 494 g/mol. The van der Waals surface area contributed by atoms with E-state index in [4.69, 9.17) is 23.7 Å². The number of carbonyl (C=O) groups is 1. The highest BCUT2D eigenvalue weighted by molar-refractivity contribution is 6.02. The van der Waals surface area contributed by atoms with Crippen molar-refractivity contribution >= 4 is 5.78 Å². The van der Waals surface area contributed by atoms with Crippen molar-refractivity contribution in [3.63, 3.8) is 0 Å². The largest absolute Gasteiger partial charge is 0.507 e. The van der Waals surface area contributed by atoms with Crippen molar-refractivity contribution in [3.05, 3.63) is 35.4 Å². The molecule has 12 nitrogen and oxygen atoms in total. The van der Waals surface area contributed by atoms with Gasteiger partial charge in [-0.25, -0.2) is 0 Å². The van der Waals surface area contributed by atoms with E-state index < -0.39 is 54.9 Å². The molecule has 2 aromatic carbocycles. The second-order valence-electron chi connectivity index (χ2n) is 8.14.